The van der Waals surface area contributed by atoms with Crippen LogP contribution in [-0.4, -0.2) is 42.7 Å². The predicted octanol–water partition coefficient (Wildman–Crippen LogP) is 2.93. The monoisotopic (exact) mass is 342 g/mol. The van der Waals surface area contributed by atoms with E-state index < -0.39 is 5.60 Å². The highest BCUT2D eigenvalue weighted by atomic mass is 16.6. The van der Waals surface area contributed by atoms with Crippen molar-refractivity contribution >= 4 is 28.2 Å². The molecule has 2 unspecified atom stereocenters. The van der Waals surface area contributed by atoms with Gasteiger partial charge in [0.05, 0.1) is 17.8 Å². The molecule has 3 heterocycles. The number of hydrogen-bond donors (Lipinski definition) is 2. The first kappa shape index (κ1) is 15.9. The molecule has 1 amide bonds. The largest absolute Gasteiger partial charge is 0.444 e. The molecule has 25 heavy (non-hydrogen) atoms. The number of nitrogens with zero attached hydrogens (tertiary/aromatic N) is 4. The quantitative estimate of drug-likeness (QED) is 0.746. The zero-order valence-electron chi connectivity index (χ0n) is 14.6. The van der Waals surface area contributed by atoms with E-state index in [-0.39, 0.29) is 18.2 Å². The van der Waals surface area contributed by atoms with Crippen LogP contribution in [0.4, 0.5) is 4.79 Å². The van der Waals surface area contributed by atoms with Crippen LogP contribution in [0.25, 0.3) is 22.1 Å². The average molecular weight is 342 g/mol. The van der Waals surface area contributed by atoms with Gasteiger partial charge in [0.25, 0.3) is 0 Å². The summed E-state index contributed by atoms with van der Waals surface area (Å²) in [6.45, 7) is 5.59. The number of carbonyl (C=O) groups is 1. The molecular formula is C17H22N6O2. The van der Waals surface area contributed by atoms with Crippen molar-refractivity contribution in [3.05, 3.63) is 18.5 Å². The van der Waals surface area contributed by atoms with Crippen molar-refractivity contribution in [3.8, 4) is 0 Å². The van der Waals surface area contributed by atoms with Gasteiger partial charge in [-0.3, -0.25) is 4.68 Å². The van der Waals surface area contributed by atoms with Gasteiger partial charge in [-0.25, -0.2) is 20.0 Å². The molecule has 4 rings (SSSR count). The minimum absolute atomic E-state index is 0.0980. The fourth-order valence-corrected chi connectivity index (χ4v) is 3.49. The number of nitrogens with one attached hydrogen (secondary N) is 2. The summed E-state index contributed by atoms with van der Waals surface area (Å²) in [5.74, 6) is 0. The molecule has 2 atom stereocenters. The minimum Gasteiger partial charge on any atom is -0.444 e. The second-order valence-corrected chi connectivity index (χ2v) is 7.57. The number of fused-ring (bicyclic) bond motifs is 3. The topological polar surface area (TPSA) is 97.7 Å². The highest BCUT2D eigenvalue weighted by molar-refractivity contribution is 6.00. The maximum atomic E-state index is 12.0. The van der Waals surface area contributed by atoms with Crippen LogP contribution in [0.5, 0.6) is 0 Å². The molecule has 8 nitrogen and oxygen atoms in total. The van der Waals surface area contributed by atoms with E-state index in [0.29, 0.717) is 0 Å². The van der Waals surface area contributed by atoms with E-state index in [0.717, 1.165) is 41.3 Å². The minimum atomic E-state index is -0.486. The first-order chi connectivity index (χ1) is 11.9. The molecule has 0 spiro atoms. The van der Waals surface area contributed by atoms with Crippen LogP contribution >= 0.6 is 0 Å². The lowest BCUT2D eigenvalue weighted by molar-refractivity contribution is 0.0504. The molecule has 132 valence electrons. The van der Waals surface area contributed by atoms with Crippen LogP contribution in [-0.2, 0) is 4.74 Å². The summed E-state index contributed by atoms with van der Waals surface area (Å²) in [6.07, 6.45) is 5.84. The Morgan fingerprint density at radius 3 is 3.00 bits per heavy atom. The van der Waals surface area contributed by atoms with E-state index in [1.807, 2.05) is 26.8 Å². The van der Waals surface area contributed by atoms with Crippen molar-refractivity contribution in [1.29, 1.82) is 0 Å². The molecule has 1 saturated carbocycles. The molecule has 0 aromatic carbocycles. The number of carbonyl (C=O) groups excluding carboxylic acids is 1. The van der Waals surface area contributed by atoms with Gasteiger partial charge in [0.15, 0.2) is 5.65 Å². The zero-order valence-corrected chi connectivity index (χ0v) is 14.6. The number of hydrogen-bond acceptors (Lipinski definition) is 5. The number of amides is 1. The average Bonchev–Trinajstić information content (AvgIpc) is 3.22. The summed E-state index contributed by atoms with van der Waals surface area (Å²) in [6, 6.07) is 2.30. The maximum Gasteiger partial charge on any atom is 0.407 e. The van der Waals surface area contributed by atoms with Gasteiger partial charge in [-0.1, -0.05) is 0 Å². The van der Waals surface area contributed by atoms with Gasteiger partial charge in [0.1, 0.15) is 11.1 Å². The fourth-order valence-electron chi connectivity index (χ4n) is 3.49. The van der Waals surface area contributed by atoms with E-state index in [9.17, 15) is 4.79 Å². The van der Waals surface area contributed by atoms with Crippen LogP contribution in [0.3, 0.4) is 0 Å². The van der Waals surface area contributed by atoms with Crippen molar-refractivity contribution in [1.82, 2.24) is 30.3 Å². The van der Waals surface area contributed by atoms with Crippen LogP contribution in [0.1, 0.15) is 46.1 Å². The number of alkyl carbamates (subject to hydrolysis) is 1. The highest BCUT2D eigenvalue weighted by Gasteiger charge is 2.30. The Morgan fingerprint density at radius 2 is 2.20 bits per heavy atom. The third-order valence-electron chi connectivity index (χ3n) is 4.50. The van der Waals surface area contributed by atoms with Crippen molar-refractivity contribution < 1.29 is 9.53 Å². The highest BCUT2D eigenvalue weighted by Crippen LogP contribution is 2.33. The molecule has 0 saturated heterocycles. The summed E-state index contributed by atoms with van der Waals surface area (Å²) in [4.78, 5) is 20.6. The third-order valence-corrected chi connectivity index (χ3v) is 4.50. The standard InChI is InChI=1S/C17H22N6O2/c1-17(2,3)25-16(24)20-10-4-5-11(8-10)23-14-12-6-7-18-15(12)19-9-13(14)21-22-23/h6-7,9-11,22H,4-5,8H2,1-3H3,(H,20,24). The zero-order chi connectivity index (χ0) is 17.6. The van der Waals surface area contributed by atoms with Gasteiger partial charge >= 0.3 is 6.09 Å². The predicted molar refractivity (Wildman–Crippen MR) is 93.2 cm³/mol. The molecule has 3 aromatic heterocycles. The Hall–Kier alpha value is -2.64. The molecule has 1 fully saturated rings. The van der Waals surface area contributed by atoms with Crippen LogP contribution in [0, 0.1) is 0 Å². The summed E-state index contributed by atoms with van der Waals surface area (Å²) < 4.78 is 7.43. The van der Waals surface area contributed by atoms with E-state index in [1.165, 1.54) is 0 Å². The molecule has 8 heteroatoms. The number of aromatic nitrogens is 5. The van der Waals surface area contributed by atoms with E-state index in [2.05, 4.69) is 30.3 Å². The Labute approximate surface area is 144 Å². The van der Waals surface area contributed by atoms with E-state index in [4.69, 9.17) is 4.74 Å². The summed E-state index contributed by atoms with van der Waals surface area (Å²) >= 11 is 0. The van der Waals surface area contributed by atoms with Crippen molar-refractivity contribution in [2.75, 3.05) is 0 Å². The van der Waals surface area contributed by atoms with Crippen molar-refractivity contribution in [2.45, 2.75) is 57.7 Å². The SMILES string of the molecule is CC(C)(C)OC(=O)NC1CCC(n2[nH]nc3cnc4nccc4c32)C1. The molecule has 1 aliphatic rings. The van der Waals surface area contributed by atoms with Gasteiger partial charge in [-0.05, 0) is 46.1 Å². The number of rotatable bonds is 2. The van der Waals surface area contributed by atoms with Crippen LogP contribution < -0.4 is 5.32 Å². The Morgan fingerprint density at radius 1 is 1.36 bits per heavy atom. The summed E-state index contributed by atoms with van der Waals surface area (Å²) in [5, 5.41) is 11.4. The van der Waals surface area contributed by atoms with Crippen LogP contribution in [0.15, 0.2) is 18.5 Å². The first-order valence-electron chi connectivity index (χ1n) is 8.56. The number of ether oxygens (including phenoxy) is 1. The van der Waals surface area contributed by atoms with Gasteiger partial charge in [0, 0.05) is 17.6 Å². The number of H-pyrrole nitrogens is 1. The molecule has 0 aliphatic heterocycles. The summed E-state index contributed by atoms with van der Waals surface area (Å²) in [5.41, 5.74) is 2.08. The first-order valence-corrected chi connectivity index (χ1v) is 8.56. The number of aromatic amines is 1. The smallest absolute Gasteiger partial charge is 0.407 e. The van der Waals surface area contributed by atoms with Gasteiger partial charge in [-0.15, -0.1) is 0 Å². The Balaban J connectivity index is 1.53. The Bertz CT molecular complexity index is 922. The van der Waals surface area contributed by atoms with Crippen molar-refractivity contribution in [2.24, 2.45) is 0 Å². The van der Waals surface area contributed by atoms with Crippen molar-refractivity contribution in [3.63, 3.8) is 0 Å². The fraction of sp³-hybridized carbons (Fsp3) is 0.529. The second-order valence-electron chi connectivity index (χ2n) is 7.57. The van der Waals surface area contributed by atoms with Gasteiger partial charge in [-0.2, -0.15) is 5.10 Å². The lowest BCUT2D eigenvalue weighted by Crippen LogP contribution is -2.38. The van der Waals surface area contributed by atoms with E-state index in [1.54, 1.807) is 12.4 Å². The maximum absolute atomic E-state index is 12.0. The van der Waals surface area contributed by atoms with E-state index >= 15 is 0 Å². The molecule has 0 radical (unpaired) electrons. The normalized spacial score (nSPS) is 21.1. The molecular weight excluding hydrogens is 320 g/mol. The van der Waals surface area contributed by atoms with Gasteiger partial charge in [0.2, 0.25) is 0 Å². The molecule has 2 N–H and O–H groups in total. The third kappa shape index (κ3) is 3.04. The van der Waals surface area contributed by atoms with Gasteiger partial charge < -0.3 is 10.1 Å². The second kappa shape index (κ2) is 5.72. The van der Waals surface area contributed by atoms with Crippen LogP contribution in [0.2, 0.25) is 0 Å². The molecule has 0 bridgehead atoms. The Kier molecular flexibility index (Phi) is 3.63. The summed E-state index contributed by atoms with van der Waals surface area (Å²) in [7, 11) is 0. The number of pyridine rings is 1. The lowest BCUT2D eigenvalue weighted by atomic mass is 10.2. The lowest BCUT2D eigenvalue weighted by Gasteiger charge is -2.21. The molecule has 1 aliphatic carbocycles. The molecule has 3 aromatic rings.